The topological polar surface area (TPSA) is 107 Å². The van der Waals surface area contributed by atoms with E-state index in [0.717, 1.165) is 10.2 Å². The molecule has 0 fully saturated rings. The molecular weight excluding hydrogens is 488 g/mol. The minimum Gasteiger partial charge on any atom is -0.490 e. The van der Waals surface area contributed by atoms with Gasteiger partial charge in [0.05, 0.1) is 43.6 Å². The smallest absolute Gasteiger partial charge is 0.307 e. The molecule has 1 amide bonds. The fraction of sp³-hybridized carbons (Fsp3) is 0.400. The van der Waals surface area contributed by atoms with Gasteiger partial charge in [0, 0.05) is 24.2 Å². The van der Waals surface area contributed by atoms with Crippen LogP contribution < -0.4 is 28.5 Å². The molecule has 0 N–H and O–H groups in total. The van der Waals surface area contributed by atoms with Gasteiger partial charge in [-0.1, -0.05) is 11.3 Å². The summed E-state index contributed by atoms with van der Waals surface area (Å²) >= 11 is 1.31. The largest absolute Gasteiger partial charge is 0.490 e. The highest BCUT2D eigenvalue weighted by Gasteiger charge is 2.21. The van der Waals surface area contributed by atoms with Crippen molar-refractivity contribution in [3.8, 4) is 28.7 Å². The zero-order valence-electron chi connectivity index (χ0n) is 20.6. The van der Waals surface area contributed by atoms with E-state index in [2.05, 4.69) is 4.99 Å². The van der Waals surface area contributed by atoms with Gasteiger partial charge in [-0.2, -0.15) is 4.99 Å². The number of aromatic nitrogens is 1. The van der Waals surface area contributed by atoms with Gasteiger partial charge in [-0.25, -0.2) is 0 Å². The molecule has 0 saturated heterocycles. The normalized spacial score (nSPS) is 12.6. The van der Waals surface area contributed by atoms with Crippen LogP contribution in [0, 0.1) is 0 Å². The predicted molar refractivity (Wildman–Crippen MR) is 132 cm³/mol. The van der Waals surface area contributed by atoms with Crippen molar-refractivity contribution >= 4 is 33.4 Å². The SMILES string of the molecule is CCOc1cc(C(=O)N=c2sc3cc4c(cc3n2CCC(=O)OC)OCO4)cc(OCC)c1OCC. The minimum atomic E-state index is -0.488. The number of carbonyl (C=O) groups excluding carboxylic acids is 2. The first-order valence-electron chi connectivity index (χ1n) is 11.6. The number of aryl methyl sites for hydroxylation is 1. The second-order valence-corrected chi connectivity index (χ2v) is 8.56. The predicted octanol–water partition coefficient (Wildman–Crippen LogP) is 3.93. The van der Waals surface area contributed by atoms with E-state index in [1.807, 2.05) is 32.9 Å². The van der Waals surface area contributed by atoms with Crippen LogP contribution in [0.2, 0.25) is 0 Å². The van der Waals surface area contributed by atoms with E-state index in [0.29, 0.717) is 53.4 Å². The quantitative estimate of drug-likeness (QED) is 0.373. The summed E-state index contributed by atoms with van der Waals surface area (Å²) in [4.78, 5) is 30.0. The van der Waals surface area contributed by atoms with E-state index in [9.17, 15) is 9.59 Å². The second kappa shape index (κ2) is 11.3. The van der Waals surface area contributed by atoms with Crippen molar-refractivity contribution in [2.45, 2.75) is 33.7 Å². The van der Waals surface area contributed by atoms with E-state index in [-0.39, 0.29) is 31.3 Å². The average molecular weight is 517 g/mol. The lowest BCUT2D eigenvalue weighted by atomic mass is 10.1. The molecule has 0 unspecified atom stereocenters. The Balaban J connectivity index is 1.81. The molecule has 36 heavy (non-hydrogen) atoms. The summed E-state index contributed by atoms with van der Waals surface area (Å²) in [7, 11) is 1.34. The molecule has 11 heteroatoms. The third-order valence-corrected chi connectivity index (χ3v) is 6.34. The third kappa shape index (κ3) is 5.25. The first kappa shape index (κ1) is 25.4. The summed E-state index contributed by atoms with van der Waals surface area (Å²) in [6.45, 7) is 7.17. The van der Waals surface area contributed by atoms with Crippen LogP contribution in [0.4, 0.5) is 0 Å². The Kier molecular flexibility index (Phi) is 7.99. The van der Waals surface area contributed by atoms with Gasteiger partial charge in [-0.05, 0) is 32.9 Å². The highest BCUT2D eigenvalue weighted by Crippen LogP contribution is 2.40. The van der Waals surface area contributed by atoms with Crippen LogP contribution in [-0.4, -0.2) is 50.2 Å². The molecule has 3 aromatic rings. The molecule has 192 valence electrons. The van der Waals surface area contributed by atoms with Gasteiger partial charge in [0.1, 0.15) is 0 Å². The molecular formula is C25H28N2O8S. The maximum absolute atomic E-state index is 13.4. The van der Waals surface area contributed by atoms with E-state index in [1.165, 1.54) is 18.4 Å². The molecule has 0 radical (unpaired) electrons. The standard InChI is InChI=1S/C25H28N2O8S/c1-5-31-19-10-15(11-20(32-6-2)23(19)33-7-3)24(29)26-25-27(9-8-22(28)30-4)16-12-17-18(35-14-34-17)13-21(16)36-25/h10-13H,5-9,14H2,1-4H3. The number of fused-ring (bicyclic) bond motifs is 2. The number of benzene rings is 2. The Labute approximate surface area is 212 Å². The number of thiazole rings is 1. The Bertz CT molecular complexity index is 1320. The minimum absolute atomic E-state index is 0.115. The van der Waals surface area contributed by atoms with Crippen LogP contribution in [0.3, 0.4) is 0 Å². The van der Waals surface area contributed by atoms with E-state index < -0.39 is 5.91 Å². The van der Waals surface area contributed by atoms with E-state index >= 15 is 0 Å². The molecule has 1 aromatic heterocycles. The van der Waals surface area contributed by atoms with Crippen LogP contribution >= 0.6 is 11.3 Å². The Morgan fingerprint density at radius 3 is 2.22 bits per heavy atom. The van der Waals surface area contributed by atoms with Crippen LogP contribution in [0.15, 0.2) is 29.3 Å². The van der Waals surface area contributed by atoms with Gasteiger partial charge in [-0.15, -0.1) is 0 Å². The maximum atomic E-state index is 13.4. The Morgan fingerprint density at radius 2 is 1.61 bits per heavy atom. The molecule has 4 rings (SSSR count). The lowest BCUT2D eigenvalue weighted by Crippen LogP contribution is -2.19. The number of hydrogen-bond donors (Lipinski definition) is 0. The highest BCUT2D eigenvalue weighted by molar-refractivity contribution is 7.16. The second-order valence-electron chi connectivity index (χ2n) is 7.55. The van der Waals surface area contributed by atoms with E-state index in [4.69, 9.17) is 28.4 Å². The summed E-state index contributed by atoms with van der Waals surface area (Å²) in [5.41, 5.74) is 1.06. The van der Waals surface area contributed by atoms with Crippen molar-refractivity contribution in [3.05, 3.63) is 34.6 Å². The van der Waals surface area contributed by atoms with Crippen LogP contribution in [0.25, 0.3) is 10.2 Å². The maximum Gasteiger partial charge on any atom is 0.307 e. The van der Waals surface area contributed by atoms with Crippen LogP contribution in [0.1, 0.15) is 37.6 Å². The molecule has 0 spiro atoms. The van der Waals surface area contributed by atoms with Crippen LogP contribution in [-0.2, 0) is 16.1 Å². The molecule has 0 saturated carbocycles. The van der Waals surface area contributed by atoms with Gasteiger partial charge in [0.15, 0.2) is 27.8 Å². The van der Waals surface area contributed by atoms with E-state index in [1.54, 1.807) is 16.7 Å². The van der Waals surface area contributed by atoms with Gasteiger partial charge >= 0.3 is 5.97 Å². The summed E-state index contributed by atoms with van der Waals surface area (Å²) in [6, 6.07) is 6.88. The lowest BCUT2D eigenvalue weighted by Gasteiger charge is -2.16. The van der Waals surface area contributed by atoms with Crippen molar-refractivity contribution in [3.63, 3.8) is 0 Å². The van der Waals surface area contributed by atoms with Crippen molar-refractivity contribution in [1.29, 1.82) is 0 Å². The van der Waals surface area contributed by atoms with Gasteiger partial charge in [0.25, 0.3) is 5.91 Å². The number of rotatable bonds is 10. The number of esters is 1. The molecule has 0 bridgehead atoms. The fourth-order valence-electron chi connectivity index (χ4n) is 3.73. The highest BCUT2D eigenvalue weighted by atomic mass is 32.1. The molecule has 1 aliphatic rings. The molecule has 2 aromatic carbocycles. The summed E-state index contributed by atoms with van der Waals surface area (Å²) in [5, 5.41) is 0. The number of nitrogens with zero attached hydrogens (tertiary/aromatic N) is 2. The van der Waals surface area contributed by atoms with Gasteiger partial charge < -0.3 is 33.0 Å². The first-order chi connectivity index (χ1) is 17.5. The zero-order chi connectivity index (χ0) is 25.7. The monoisotopic (exact) mass is 516 g/mol. The first-order valence-corrected chi connectivity index (χ1v) is 12.5. The summed E-state index contributed by atoms with van der Waals surface area (Å²) < 4.78 is 35.6. The summed E-state index contributed by atoms with van der Waals surface area (Å²) in [5.74, 6) is 1.62. The number of methoxy groups -OCH3 is 1. The van der Waals surface area contributed by atoms with Crippen molar-refractivity contribution < 1.29 is 38.0 Å². The molecule has 0 aliphatic carbocycles. The van der Waals surface area contributed by atoms with Gasteiger partial charge in [-0.3, -0.25) is 9.59 Å². The average Bonchev–Trinajstić information content (AvgIpc) is 3.46. The molecule has 0 atom stereocenters. The lowest BCUT2D eigenvalue weighted by molar-refractivity contribution is -0.140. The van der Waals surface area contributed by atoms with Crippen molar-refractivity contribution in [1.82, 2.24) is 4.57 Å². The van der Waals surface area contributed by atoms with Gasteiger partial charge in [0.2, 0.25) is 12.5 Å². The van der Waals surface area contributed by atoms with Crippen molar-refractivity contribution in [2.24, 2.45) is 4.99 Å². The third-order valence-electron chi connectivity index (χ3n) is 5.30. The molecule has 2 heterocycles. The Morgan fingerprint density at radius 1 is 0.972 bits per heavy atom. The number of amides is 1. The number of carbonyl (C=O) groups is 2. The van der Waals surface area contributed by atoms with Crippen molar-refractivity contribution in [2.75, 3.05) is 33.7 Å². The number of ether oxygens (including phenoxy) is 6. The number of hydrogen-bond acceptors (Lipinski definition) is 9. The molecule has 1 aliphatic heterocycles. The zero-order valence-corrected chi connectivity index (χ0v) is 21.4. The Hall–Kier alpha value is -3.73. The summed E-state index contributed by atoms with van der Waals surface area (Å²) in [6.07, 6.45) is 0.115. The molecule has 10 nitrogen and oxygen atoms in total. The fourth-order valence-corrected chi connectivity index (χ4v) is 4.79. The van der Waals surface area contributed by atoms with Crippen LogP contribution in [0.5, 0.6) is 28.7 Å².